The van der Waals surface area contributed by atoms with E-state index in [0.717, 1.165) is 29.7 Å². The van der Waals surface area contributed by atoms with Crippen LogP contribution in [0, 0.1) is 0 Å². The molecule has 2 heterocycles. The standard InChI is InChI=1S/C17H20N2O3S2.C2H2O4/c1-18(2)9-8-13-12-19(24(20,21)17-5-4-10-23-17)16-7-6-14(22-3)11-15(13)16;3-1(4)2(5)6/h4-7,10-12H,8-9H2,1-3H3;(H,3,4)(H,5,6). The summed E-state index contributed by atoms with van der Waals surface area (Å²) >= 11 is 1.23. The number of carbonyl (C=O) groups is 2. The van der Waals surface area contributed by atoms with Gasteiger partial charge in [-0.05, 0) is 55.7 Å². The minimum atomic E-state index is -3.58. The average molecular weight is 455 g/mol. The van der Waals surface area contributed by atoms with Crippen molar-refractivity contribution in [3.63, 3.8) is 0 Å². The predicted octanol–water partition coefficient (Wildman–Crippen LogP) is 2.21. The number of nitrogens with zero attached hydrogens (tertiary/aromatic N) is 2. The number of rotatable bonds is 6. The fourth-order valence-electron chi connectivity index (χ4n) is 2.62. The Morgan fingerprint density at radius 2 is 1.83 bits per heavy atom. The lowest BCUT2D eigenvalue weighted by Crippen LogP contribution is -2.15. The maximum Gasteiger partial charge on any atom is 0.414 e. The fourth-order valence-corrected chi connectivity index (χ4v) is 5.09. The van der Waals surface area contributed by atoms with Crippen LogP contribution < -0.4 is 4.74 Å². The van der Waals surface area contributed by atoms with Crippen LogP contribution in [-0.4, -0.2) is 67.2 Å². The minimum Gasteiger partial charge on any atom is -0.497 e. The van der Waals surface area contributed by atoms with Gasteiger partial charge in [0.05, 0.1) is 12.6 Å². The van der Waals surface area contributed by atoms with Crippen LogP contribution in [0.4, 0.5) is 0 Å². The first-order chi connectivity index (χ1) is 14.1. The zero-order valence-corrected chi connectivity index (χ0v) is 18.2. The third kappa shape index (κ3) is 5.38. The van der Waals surface area contributed by atoms with E-state index in [2.05, 4.69) is 4.90 Å². The Balaban J connectivity index is 0.000000469. The number of likely N-dealkylation sites (N-methyl/N-ethyl adjacent to an activating group) is 1. The largest absolute Gasteiger partial charge is 0.497 e. The number of aliphatic carboxylic acids is 2. The van der Waals surface area contributed by atoms with Gasteiger partial charge >= 0.3 is 11.9 Å². The smallest absolute Gasteiger partial charge is 0.414 e. The first kappa shape index (κ1) is 23.4. The fraction of sp³-hybridized carbons (Fsp3) is 0.263. The van der Waals surface area contributed by atoms with Crippen LogP contribution >= 0.6 is 11.3 Å². The molecule has 0 radical (unpaired) electrons. The number of fused-ring (bicyclic) bond motifs is 1. The maximum absolute atomic E-state index is 12.9. The van der Waals surface area contributed by atoms with Crippen molar-refractivity contribution in [3.05, 3.63) is 47.5 Å². The van der Waals surface area contributed by atoms with Crippen molar-refractivity contribution in [1.29, 1.82) is 0 Å². The summed E-state index contributed by atoms with van der Waals surface area (Å²) in [5, 5.41) is 17.5. The van der Waals surface area contributed by atoms with Crippen LogP contribution in [0.5, 0.6) is 5.75 Å². The van der Waals surface area contributed by atoms with E-state index in [9.17, 15) is 8.42 Å². The van der Waals surface area contributed by atoms with E-state index < -0.39 is 22.0 Å². The van der Waals surface area contributed by atoms with Crippen LogP contribution in [0.25, 0.3) is 10.9 Å². The van der Waals surface area contributed by atoms with Crippen molar-refractivity contribution >= 4 is 44.2 Å². The molecule has 3 rings (SSSR count). The zero-order chi connectivity index (χ0) is 22.5. The summed E-state index contributed by atoms with van der Waals surface area (Å²) in [6.45, 7) is 0.843. The average Bonchev–Trinajstić information content (AvgIpc) is 3.35. The number of hydrogen-bond acceptors (Lipinski definition) is 7. The van der Waals surface area contributed by atoms with Crippen molar-refractivity contribution in [2.24, 2.45) is 0 Å². The number of ether oxygens (including phenoxy) is 1. The highest BCUT2D eigenvalue weighted by Gasteiger charge is 2.22. The van der Waals surface area contributed by atoms with Crippen LogP contribution in [0.2, 0.25) is 0 Å². The van der Waals surface area contributed by atoms with Gasteiger partial charge in [0, 0.05) is 18.1 Å². The van der Waals surface area contributed by atoms with Gasteiger partial charge in [0.25, 0.3) is 10.0 Å². The molecule has 2 aromatic heterocycles. The van der Waals surface area contributed by atoms with E-state index in [1.165, 1.54) is 15.3 Å². The molecule has 0 amide bonds. The van der Waals surface area contributed by atoms with E-state index in [1.807, 2.05) is 20.2 Å². The van der Waals surface area contributed by atoms with Gasteiger partial charge in [-0.2, -0.15) is 8.42 Å². The number of hydrogen-bond donors (Lipinski definition) is 2. The van der Waals surface area contributed by atoms with Crippen molar-refractivity contribution in [3.8, 4) is 5.75 Å². The monoisotopic (exact) mass is 454 g/mol. The molecule has 30 heavy (non-hydrogen) atoms. The highest BCUT2D eigenvalue weighted by atomic mass is 32.2. The molecule has 9 nitrogen and oxygen atoms in total. The summed E-state index contributed by atoms with van der Waals surface area (Å²) in [6, 6.07) is 8.88. The highest BCUT2D eigenvalue weighted by molar-refractivity contribution is 7.92. The molecule has 0 aliphatic rings. The second kappa shape index (κ2) is 9.74. The van der Waals surface area contributed by atoms with E-state index >= 15 is 0 Å². The minimum absolute atomic E-state index is 0.342. The predicted molar refractivity (Wildman–Crippen MR) is 113 cm³/mol. The Labute approximate surface area is 177 Å². The van der Waals surface area contributed by atoms with Gasteiger partial charge in [0.1, 0.15) is 9.96 Å². The van der Waals surface area contributed by atoms with E-state index in [-0.39, 0.29) is 0 Å². The van der Waals surface area contributed by atoms with Gasteiger partial charge in [0.15, 0.2) is 0 Å². The van der Waals surface area contributed by atoms with Crippen LogP contribution in [0.15, 0.2) is 46.1 Å². The SMILES string of the molecule is COc1ccc2c(c1)c(CCN(C)C)cn2S(=O)(=O)c1cccs1.O=C(O)C(=O)O. The van der Waals surface area contributed by atoms with Crippen molar-refractivity contribution in [2.75, 3.05) is 27.7 Å². The lowest BCUT2D eigenvalue weighted by Gasteiger charge is -2.08. The van der Waals surface area contributed by atoms with Crippen LogP contribution in [0.1, 0.15) is 5.56 Å². The molecular formula is C19H22N2O7S2. The molecule has 1 aromatic carbocycles. The summed E-state index contributed by atoms with van der Waals surface area (Å²) in [4.78, 5) is 20.3. The van der Waals surface area contributed by atoms with Gasteiger partial charge in [-0.25, -0.2) is 13.6 Å². The van der Waals surface area contributed by atoms with Crippen molar-refractivity contribution in [2.45, 2.75) is 10.6 Å². The molecule has 0 spiro atoms. The number of thiophene rings is 1. The second-order valence-electron chi connectivity index (χ2n) is 6.43. The zero-order valence-electron chi connectivity index (χ0n) is 16.6. The quantitative estimate of drug-likeness (QED) is 0.543. The Bertz CT molecular complexity index is 1120. The van der Waals surface area contributed by atoms with Gasteiger partial charge < -0.3 is 19.8 Å². The first-order valence-electron chi connectivity index (χ1n) is 8.66. The van der Waals surface area contributed by atoms with Gasteiger partial charge in [-0.1, -0.05) is 6.07 Å². The number of aromatic nitrogens is 1. The van der Waals surface area contributed by atoms with Crippen molar-refractivity contribution < 1.29 is 33.0 Å². The van der Waals surface area contributed by atoms with Gasteiger partial charge in [0.2, 0.25) is 0 Å². The summed E-state index contributed by atoms with van der Waals surface area (Å²) < 4.78 is 32.9. The molecule has 0 saturated heterocycles. The third-order valence-corrected chi connectivity index (χ3v) is 7.13. The Hall–Kier alpha value is -2.89. The lowest BCUT2D eigenvalue weighted by molar-refractivity contribution is -0.159. The summed E-state index contributed by atoms with van der Waals surface area (Å²) in [6.07, 6.45) is 2.51. The Morgan fingerprint density at radius 1 is 1.17 bits per heavy atom. The topological polar surface area (TPSA) is 126 Å². The van der Waals surface area contributed by atoms with E-state index in [1.54, 1.807) is 43.0 Å². The molecule has 0 aliphatic heterocycles. The number of methoxy groups -OCH3 is 1. The lowest BCUT2D eigenvalue weighted by atomic mass is 10.1. The molecular weight excluding hydrogens is 432 g/mol. The molecule has 2 N–H and O–H groups in total. The normalized spacial score (nSPS) is 11.2. The summed E-state index contributed by atoms with van der Waals surface area (Å²) in [7, 11) is 2.04. The highest BCUT2D eigenvalue weighted by Crippen LogP contribution is 2.30. The summed E-state index contributed by atoms with van der Waals surface area (Å²) in [5.41, 5.74) is 1.68. The van der Waals surface area contributed by atoms with E-state index in [0.29, 0.717) is 9.73 Å². The molecule has 3 aromatic rings. The van der Waals surface area contributed by atoms with Gasteiger partial charge in [-0.15, -0.1) is 11.3 Å². The molecule has 162 valence electrons. The number of benzene rings is 1. The number of carboxylic acid groups (broad SMARTS) is 2. The Kier molecular flexibility index (Phi) is 7.59. The molecule has 0 fully saturated rings. The van der Waals surface area contributed by atoms with E-state index in [4.69, 9.17) is 24.5 Å². The molecule has 0 aliphatic carbocycles. The molecule has 11 heteroatoms. The van der Waals surface area contributed by atoms with Gasteiger partial charge in [-0.3, -0.25) is 0 Å². The summed E-state index contributed by atoms with van der Waals surface area (Å²) in [5.74, 6) is -2.93. The molecule has 0 atom stereocenters. The molecule has 0 unspecified atom stereocenters. The van der Waals surface area contributed by atoms with Crippen LogP contribution in [-0.2, 0) is 26.0 Å². The Morgan fingerprint density at radius 3 is 2.33 bits per heavy atom. The number of carboxylic acids is 2. The second-order valence-corrected chi connectivity index (χ2v) is 9.42. The molecule has 0 bridgehead atoms. The van der Waals surface area contributed by atoms with Crippen molar-refractivity contribution in [1.82, 2.24) is 8.87 Å². The molecule has 0 saturated carbocycles. The first-order valence-corrected chi connectivity index (χ1v) is 11.0. The third-order valence-electron chi connectivity index (χ3n) is 4.08. The van der Waals surface area contributed by atoms with Crippen LogP contribution in [0.3, 0.4) is 0 Å². The maximum atomic E-state index is 12.9.